The van der Waals surface area contributed by atoms with Gasteiger partial charge in [0, 0.05) is 10.2 Å². The zero-order valence-electron chi connectivity index (χ0n) is 14.9. The van der Waals surface area contributed by atoms with E-state index in [2.05, 4.69) is 26.6 Å². The minimum Gasteiger partial charge on any atom is -0.490 e. The Hall–Kier alpha value is -1.50. The van der Waals surface area contributed by atoms with Crippen molar-refractivity contribution in [3.8, 4) is 11.5 Å². The first kappa shape index (κ1) is 20.8. The van der Waals surface area contributed by atoms with Gasteiger partial charge >= 0.3 is 0 Å². The van der Waals surface area contributed by atoms with E-state index in [9.17, 15) is 0 Å². The van der Waals surface area contributed by atoms with E-state index < -0.39 is 0 Å². The summed E-state index contributed by atoms with van der Waals surface area (Å²) in [6.45, 7) is 7.11. The van der Waals surface area contributed by atoms with Gasteiger partial charge in [-0.3, -0.25) is 0 Å². The van der Waals surface area contributed by atoms with E-state index in [-0.39, 0.29) is 6.04 Å². The quantitative estimate of drug-likeness (QED) is 0.503. The number of halogens is 2. The van der Waals surface area contributed by atoms with Crippen LogP contribution in [0.25, 0.3) is 0 Å². The first-order valence-electron chi connectivity index (χ1n) is 8.36. The maximum atomic E-state index is 6.11. The molecule has 2 aromatic carbocycles. The van der Waals surface area contributed by atoms with E-state index in [1.165, 1.54) is 0 Å². The van der Waals surface area contributed by atoms with E-state index in [4.69, 9.17) is 33.3 Å². The SMILES string of the molecule is CCOc1ccc(C(C)NC(=S)Nc2ccc(Br)c(Cl)c2)cc1OCC. The van der Waals surface area contributed by atoms with Gasteiger partial charge in [-0.25, -0.2) is 0 Å². The molecule has 2 rings (SSSR count). The highest BCUT2D eigenvalue weighted by Gasteiger charge is 2.12. The van der Waals surface area contributed by atoms with Crippen LogP contribution >= 0.6 is 39.7 Å². The third kappa shape index (κ3) is 5.76. The summed E-state index contributed by atoms with van der Waals surface area (Å²) in [5, 5.41) is 7.55. The van der Waals surface area contributed by atoms with Crippen molar-refractivity contribution in [1.82, 2.24) is 5.32 Å². The number of hydrogen-bond acceptors (Lipinski definition) is 3. The summed E-state index contributed by atoms with van der Waals surface area (Å²) in [5.74, 6) is 1.48. The maximum Gasteiger partial charge on any atom is 0.171 e. The van der Waals surface area contributed by atoms with E-state index in [0.717, 1.165) is 27.2 Å². The van der Waals surface area contributed by atoms with Gasteiger partial charge in [0.25, 0.3) is 0 Å². The molecular formula is C19H22BrClN2O2S. The molecule has 0 spiro atoms. The summed E-state index contributed by atoms with van der Waals surface area (Å²) in [4.78, 5) is 0. The first-order valence-corrected chi connectivity index (χ1v) is 9.94. The largest absolute Gasteiger partial charge is 0.490 e. The fraction of sp³-hybridized carbons (Fsp3) is 0.316. The zero-order chi connectivity index (χ0) is 19.1. The molecule has 1 unspecified atom stereocenters. The molecule has 26 heavy (non-hydrogen) atoms. The monoisotopic (exact) mass is 456 g/mol. The lowest BCUT2D eigenvalue weighted by molar-refractivity contribution is 0.287. The van der Waals surface area contributed by atoms with Crippen LogP contribution in [0.15, 0.2) is 40.9 Å². The molecule has 0 fully saturated rings. The number of nitrogens with one attached hydrogen (secondary N) is 2. The fourth-order valence-electron chi connectivity index (χ4n) is 2.36. The molecule has 4 nitrogen and oxygen atoms in total. The minimum absolute atomic E-state index is 0.00389. The molecule has 0 bridgehead atoms. The molecule has 0 aliphatic heterocycles. The molecule has 0 aliphatic rings. The van der Waals surface area contributed by atoms with Crippen molar-refractivity contribution in [1.29, 1.82) is 0 Å². The molecule has 140 valence electrons. The molecule has 2 N–H and O–H groups in total. The van der Waals surface area contributed by atoms with Crippen molar-refractivity contribution in [2.24, 2.45) is 0 Å². The van der Waals surface area contributed by atoms with Crippen molar-refractivity contribution in [2.75, 3.05) is 18.5 Å². The van der Waals surface area contributed by atoms with Gasteiger partial charge in [0.1, 0.15) is 0 Å². The fourth-order valence-corrected chi connectivity index (χ4v) is 3.08. The van der Waals surface area contributed by atoms with Crippen molar-refractivity contribution in [3.63, 3.8) is 0 Å². The lowest BCUT2D eigenvalue weighted by atomic mass is 10.1. The third-order valence-electron chi connectivity index (χ3n) is 3.59. The zero-order valence-corrected chi connectivity index (χ0v) is 18.1. The molecular weight excluding hydrogens is 436 g/mol. The second-order valence-electron chi connectivity index (χ2n) is 5.52. The summed E-state index contributed by atoms with van der Waals surface area (Å²) >= 11 is 14.9. The molecule has 2 aromatic rings. The average molecular weight is 458 g/mol. The van der Waals surface area contributed by atoms with Crippen LogP contribution in [0.3, 0.4) is 0 Å². The average Bonchev–Trinajstić information content (AvgIpc) is 2.60. The van der Waals surface area contributed by atoms with Gasteiger partial charge in [-0.2, -0.15) is 0 Å². The van der Waals surface area contributed by atoms with Gasteiger partial charge < -0.3 is 20.1 Å². The normalized spacial score (nSPS) is 11.6. The third-order valence-corrected chi connectivity index (χ3v) is 5.04. The Bertz CT molecular complexity index is 773. The number of benzene rings is 2. The van der Waals surface area contributed by atoms with Crippen LogP contribution in [0.1, 0.15) is 32.4 Å². The molecule has 0 amide bonds. The number of thiocarbonyl (C=S) groups is 1. The smallest absolute Gasteiger partial charge is 0.171 e. The summed E-state index contributed by atoms with van der Waals surface area (Å²) in [6, 6.07) is 11.5. The van der Waals surface area contributed by atoms with Gasteiger partial charge in [0.15, 0.2) is 16.6 Å². The summed E-state index contributed by atoms with van der Waals surface area (Å²) in [6.07, 6.45) is 0. The van der Waals surface area contributed by atoms with E-state index in [0.29, 0.717) is 23.3 Å². The molecule has 0 radical (unpaired) electrons. The van der Waals surface area contributed by atoms with Crippen LogP contribution in [0, 0.1) is 0 Å². The number of rotatable bonds is 7. The first-order chi connectivity index (χ1) is 12.4. The second-order valence-corrected chi connectivity index (χ2v) is 7.19. The minimum atomic E-state index is -0.00389. The number of anilines is 1. The van der Waals surface area contributed by atoms with E-state index >= 15 is 0 Å². The topological polar surface area (TPSA) is 42.5 Å². The van der Waals surface area contributed by atoms with Crippen molar-refractivity contribution >= 4 is 50.5 Å². The predicted molar refractivity (Wildman–Crippen MR) is 116 cm³/mol. The molecule has 0 aromatic heterocycles. The predicted octanol–water partition coefficient (Wildman–Crippen LogP) is 5.95. The summed E-state index contributed by atoms with van der Waals surface area (Å²) < 4.78 is 12.1. The van der Waals surface area contributed by atoms with Gasteiger partial charge in [-0.05, 0) is 84.8 Å². The second kappa shape index (κ2) is 10.00. The van der Waals surface area contributed by atoms with Gasteiger partial charge in [0.2, 0.25) is 0 Å². The molecule has 0 saturated carbocycles. The Morgan fingerprint density at radius 3 is 2.46 bits per heavy atom. The molecule has 0 saturated heterocycles. The Labute approximate surface area is 173 Å². The summed E-state index contributed by atoms with van der Waals surface area (Å²) in [5.41, 5.74) is 1.87. The van der Waals surface area contributed by atoms with Crippen LogP contribution < -0.4 is 20.1 Å². The van der Waals surface area contributed by atoms with Crippen LogP contribution in [-0.2, 0) is 0 Å². The van der Waals surface area contributed by atoms with Crippen molar-refractivity contribution < 1.29 is 9.47 Å². The van der Waals surface area contributed by atoms with Gasteiger partial charge in [-0.1, -0.05) is 17.7 Å². The Balaban J connectivity index is 2.05. The number of ether oxygens (including phenoxy) is 2. The maximum absolute atomic E-state index is 6.11. The Morgan fingerprint density at radius 2 is 1.81 bits per heavy atom. The highest BCUT2D eigenvalue weighted by molar-refractivity contribution is 9.10. The van der Waals surface area contributed by atoms with E-state index in [1.54, 1.807) is 0 Å². The van der Waals surface area contributed by atoms with Crippen molar-refractivity contribution in [2.45, 2.75) is 26.8 Å². The molecule has 0 aliphatic carbocycles. The van der Waals surface area contributed by atoms with Gasteiger partial charge in [-0.15, -0.1) is 0 Å². The molecule has 1 atom stereocenters. The van der Waals surface area contributed by atoms with Gasteiger partial charge in [0.05, 0.1) is 24.3 Å². The Kier molecular flexibility index (Phi) is 8.00. The lowest BCUT2D eigenvalue weighted by Crippen LogP contribution is -2.30. The molecule has 7 heteroatoms. The van der Waals surface area contributed by atoms with Crippen LogP contribution in [0.4, 0.5) is 5.69 Å². The van der Waals surface area contributed by atoms with Crippen LogP contribution in [0.5, 0.6) is 11.5 Å². The Morgan fingerprint density at radius 1 is 1.12 bits per heavy atom. The van der Waals surface area contributed by atoms with E-state index in [1.807, 2.05) is 57.2 Å². The standard InChI is InChI=1S/C19H22BrClN2O2S/c1-4-24-17-9-6-13(10-18(17)25-5-2)12(3)22-19(26)23-14-7-8-15(20)16(21)11-14/h6-12H,4-5H2,1-3H3,(H2,22,23,26). The van der Waals surface area contributed by atoms with Crippen molar-refractivity contribution in [3.05, 3.63) is 51.5 Å². The number of hydrogen-bond donors (Lipinski definition) is 2. The van der Waals surface area contributed by atoms with Crippen LogP contribution in [-0.4, -0.2) is 18.3 Å². The lowest BCUT2D eigenvalue weighted by Gasteiger charge is -2.19. The van der Waals surface area contributed by atoms with Crippen LogP contribution in [0.2, 0.25) is 5.02 Å². The highest BCUT2D eigenvalue weighted by Crippen LogP contribution is 2.31. The molecule has 0 heterocycles. The highest BCUT2D eigenvalue weighted by atomic mass is 79.9. The summed E-state index contributed by atoms with van der Waals surface area (Å²) in [7, 11) is 0.